The van der Waals surface area contributed by atoms with Crippen LogP contribution in [0.1, 0.15) is 70.5 Å². The van der Waals surface area contributed by atoms with E-state index in [0.717, 1.165) is 36.8 Å². The van der Waals surface area contributed by atoms with E-state index >= 15 is 4.57 Å². The standard InChI is InChI=1S/C29H39N4O2P/c1-21(2)32-27-16-9-10-17-28(27)33(22(3)4)36(32,34)31-29(23(5)19-30)25-14-11-15-26(18-25)35-20-24-12-7-6-8-13-24/h6-8,11-15,18,21-22,27-29H,5,9-10,16-17,20H2,1-4H3,(H,31,34)/t27-,28-,29-/m1/s1. The highest BCUT2D eigenvalue weighted by atomic mass is 31.2. The number of nitriles is 1. The largest absolute Gasteiger partial charge is 0.489 e. The fourth-order valence-electron chi connectivity index (χ4n) is 5.87. The number of ether oxygens (including phenoxy) is 1. The predicted molar refractivity (Wildman–Crippen MR) is 145 cm³/mol. The van der Waals surface area contributed by atoms with Crippen molar-refractivity contribution in [3.05, 3.63) is 77.9 Å². The first-order valence-electron chi connectivity index (χ1n) is 13.1. The van der Waals surface area contributed by atoms with E-state index in [1.165, 1.54) is 0 Å². The van der Waals surface area contributed by atoms with Gasteiger partial charge in [0.1, 0.15) is 12.4 Å². The minimum Gasteiger partial charge on any atom is -0.489 e. The molecule has 192 valence electrons. The van der Waals surface area contributed by atoms with Gasteiger partial charge in [-0.2, -0.15) is 5.26 Å². The molecule has 0 bridgehead atoms. The van der Waals surface area contributed by atoms with E-state index in [1.807, 2.05) is 54.6 Å². The molecule has 2 aliphatic rings. The lowest BCUT2D eigenvalue weighted by Gasteiger charge is -2.38. The molecule has 0 spiro atoms. The molecule has 2 aromatic rings. The molecule has 2 aromatic carbocycles. The van der Waals surface area contributed by atoms with Crippen LogP contribution in [0.3, 0.4) is 0 Å². The van der Waals surface area contributed by atoms with Gasteiger partial charge in [0.05, 0.1) is 12.1 Å². The first-order chi connectivity index (χ1) is 17.3. The summed E-state index contributed by atoms with van der Waals surface area (Å²) in [4.78, 5) is 0. The lowest BCUT2D eigenvalue weighted by atomic mass is 9.89. The van der Waals surface area contributed by atoms with Crippen molar-refractivity contribution >= 4 is 7.59 Å². The molecule has 4 rings (SSSR count). The SMILES string of the molecule is C=C(C#N)[C@@H](NP1(=O)N(C(C)C)[C@@H]2CCCC[C@H]2N1C(C)C)c1cccc(OCc2ccccc2)c1. The second-order valence-corrected chi connectivity index (χ2v) is 12.7. The summed E-state index contributed by atoms with van der Waals surface area (Å²) in [6, 6.07) is 20.1. The van der Waals surface area contributed by atoms with Gasteiger partial charge in [-0.15, -0.1) is 0 Å². The van der Waals surface area contributed by atoms with Crippen molar-refractivity contribution in [1.82, 2.24) is 14.4 Å². The van der Waals surface area contributed by atoms with Gasteiger partial charge < -0.3 is 4.74 Å². The van der Waals surface area contributed by atoms with Crippen molar-refractivity contribution in [2.75, 3.05) is 0 Å². The average Bonchev–Trinajstić information content (AvgIpc) is 3.14. The second kappa shape index (κ2) is 11.3. The number of nitrogens with one attached hydrogen (secondary N) is 1. The third-order valence-corrected chi connectivity index (χ3v) is 10.7. The molecule has 2 fully saturated rings. The zero-order valence-electron chi connectivity index (χ0n) is 21.9. The zero-order valence-corrected chi connectivity index (χ0v) is 22.8. The molecule has 1 aliphatic carbocycles. The van der Waals surface area contributed by atoms with Crippen molar-refractivity contribution in [1.29, 1.82) is 5.26 Å². The smallest absolute Gasteiger partial charge is 0.286 e. The Morgan fingerprint density at radius 2 is 1.67 bits per heavy atom. The molecule has 1 aliphatic heterocycles. The number of nitrogens with zero attached hydrogens (tertiary/aromatic N) is 3. The summed E-state index contributed by atoms with van der Waals surface area (Å²) >= 11 is 0. The van der Waals surface area contributed by atoms with E-state index in [1.54, 1.807) is 0 Å². The molecule has 7 heteroatoms. The van der Waals surface area contributed by atoms with Crippen LogP contribution in [0.4, 0.5) is 0 Å². The quantitative estimate of drug-likeness (QED) is 0.297. The topological polar surface area (TPSA) is 68.6 Å². The molecule has 0 aromatic heterocycles. The normalized spacial score (nSPS) is 22.8. The molecule has 1 saturated heterocycles. The summed E-state index contributed by atoms with van der Waals surface area (Å²) in [5.74, 6) is 0.702. The zero-order chi connectivity index (χ0) is 25.9. The van der Waals surface area contributed by atoms with Gasteiger partial charge in [0.15, 0.2) is 0 Å². The van der Waals surface area contributed by atoms with Crippen molar-refractivity contribution in [3.63, 3.8) is 0 Å². The number of hydrogen-bond donors (Lipinski definition) is 1. The highest BCUT2D eigenvalue weighted by Gasteiger charge is 2.57. The Morgan fingerprint density at radius 1 is 1.06 bits per heavy atom. The lowest BCUT2D eigenvalue weighted by Crippen LogP contribution is -2.43. The molecule has 1 N–H and O–H groups in total. The van der Waals surface area contributed by atoms with Gasteiger partial charge in [0.2, 0.25) is 0 Å². The summed E-state index contributed by atoms with van der Waals surface area (Å²) in [5, 5.41) is 13.4. The third-order valence-electron chi connectivity index (χ3n) is 7.29. The maximum atomic E-state index is 15.1. The molecule has 1 saturated carbocycles. The minimum atomic E-state index is -3.21. The lowest BCUT2D eigenvalue weighted by molar-refractivity contribution is 0.173. The first-order valence-corrected chi connectivity index (χ1v) is 14.7. The summed E-state index contributed by atoms with van der Waals surface area (Å²) in [5.41, 5.74) is 2.24. The molecule has 0 unspecified atom stereocenters. The molecule has 36 heavy (non-hydrogen) atoms. The Morgan fingerprint density at radius 3 is 2.22 bits per heavy atom. The van der Waals surface area contributed by atoms with Crippen LogP contribution in [0.5, 0.6) is 5.75 Å². The van der Waals surface area contributed by atoms with Crippen LogP contribution in [0, 0.1) is 11.3 Å². The van der Waals surface area contributed by atoms with Gasteiger partial charge in [0.25, 0.3) is 7.59 Å². The van der Waals surface area contributed by atoms with E-state index in [2.05, 4.69) is 54.8 Å². The van der Waals surface area contributed by atoms with Gasteiger partial charge in [0, 0.05) is 29.7 Å². The van der Waals surface area contributed by atoms with Crippen LogP contribution in [-0.2, 0) is 11.2 Å². The van der Waals surface area contributed by atoms with Crippen molar-refractivity contribution in [3.8, 4) is 11.8 Å². The highest BCUT2D eigenvalue weighted by molar-refractivity contribution is 7.57. The van der Waals surface area contributed by atoms with E-state index in [-0.39, 0.29) is 24.2 Å². The summed E-state index contributed by atoms with van der Waals surface area (Å²) < 4.78 is 25.6. The molecular weight excluding hydrogens is 467 g/mol. The van der Waals surface area contributed by atoms with Crippen molar-refractivity contribution in [2.45, 2.75) is 90.2 Å². The number of hydrogen-bond acceptors (Lipinski definition) is 3. The van der Waals surface area contributed by atoms with Crippen LogP contribution in [0.2, 0.25) is 0 Å². The Balaban J connectivity index is 1.67. The summed E-state index contributed by atoms with van der Waals surface area (Å²) in [6.45, 7) is 13.0. The third kappa shape index (κ3) is 5.31. The van der Waals surface area contributed by atoms with Crippen molar-refractivity contribution in [2.24, 2.45) is 0 Å². The van der Waals surface area contributed by atoms with Gasteiger partial charge in [-0.25, -0.2) is 14.4 Å². The molecule has 6 nitrogen and oxygen atoms in total. The van der Waals surface area contributed by atoms with E-state index in [9.17, 15) is 5.26 Å². The Labute approximate surface area is 216 Å². The fourth-order valence-corrected chi connectivity index (χ4v) is 9.61. The van der Waals surface area contributed by atoms with E-state index in [4.69, 9.17) is 4.74 Å². The number of fused-ring (bicyclic) bond motifs is 1. The molecule has 3 atom stereocenters. The van der Waals surface area contributed by atoms with Crippen LogP contribution in [-0.4, -0.2) is 33.5 Å². The fraction of sp³-hybridized carbons (Fsp3) is 0.483. The van der Waals surface area contributed by atoms with Crippen LogP contribution in [0.15, 0.2) is 66.7 Å². The second-order valence-electron chi connectivity index (χ2n) is 10.5. The maximum Gasteiger partial charge on any atom is 0.286 e. The monoisotopic (exact) mass is 506 g/mol. The van der Waals surface area contributed by atoms with Crippen LogP contribution >= 0.6 is 7.59 Å². The Hall–Kier alpha value is -2.42. The number of rotatable bonds is 9. The molecular formula is C29H39N4O2P. The summed E-state index contributed by atoms with van der Waals surface area (Å²) in [6.07, 6.45) is 4.41. The van der Waals surface area contributed by atoms with Crippen LogP contribution in [0.25, 0.3) is 0 Å². The van der Waals surface area contributed by atoms with Gasteiger partial charge in [-0.05, 0) is 63.8 Å². The Bertz CT molecular complexity index is 1120. The van der Waals surface area contributed by atoms with E-state index < -0.39 is 13.6 Å². The van der Waals surface area contributed by atoms with E-state index in [0.29, 0.717) is 17.9 Å². The predicted octanol–water partition coefficient (Wildman–Crippen LogP) is 6.83. The van der Waals surface area contributed by atoms with Gasteiger partial charge in [-0.3, -0.25) is 4.57 Å². The average molecular weight is 507 g/mol. The highest BCUT2D eigenvalue weighted by Crippen LogP contribution is 2.64. The summed E-state index contributed by atoms with van der Waals surface area (Å²) in [7, 11) is -3.21. The molecule has 1 heterocycles. The van der Waals surface area contributed by atoms with Crippen molar-refractivity contribution < 1.29 is 9.30 Å². The Kier molecular flexibility index (Phi) is 8.37. The number of benzene rings is 2. The first kappa shape index (κ1) is 26.6. The maximum absolute atomic E-state index is 15.1. The van der Waals surface area contributed by atoms with Gasteiger partial charge >= 0.3 is 0 Å². The van der Waals surface area contributed by atoms with Gasteiger partial charge in [-0.1, -0.05) is 61.9 Å². The minimum absolute atomic E-state index is 0.106. The molecule has 0 radical (unpaired) electrons. The molecule has 0 amide bonds. The van der Waals surface area contributed by atoms with Crippen LogP contribution < -0.4 is 9.82 Å².